The molecule has 94 valence electrons. The summed E-state index contributed by atoms with van der Waals surface area (Å²) in [5.74, 6) is 0. The summed E-state index contributed by atoms with van der Waals surface area (Å²) in [7, 11) is 1.66. The number of carbonyl (C=O) groups excluding carboxylic acids is 1. The Kier molecular flexibility index (Phi) is 5.42. The van der Waals surface area contributed by atoms with Crippen molar-refractivity contribution in [2.45, 2.75) is 19.4 Å². The molecule has 1 rings (SSSR count). The van der Waals surface area contributed by atoms with Gasteiger partial charge in [-0.25, -0.2) is 4.79 Å². The van der Waals surface area contributed by atoms with Crippen LogP contribution in [0.1, 0.15) is 12.6 Å². The van der Waals surface area contributed by atoms with E-state index >= 15 is 0 Å². The van der Waals surface area contributed by atoms with E-state index in [2.05, 4.69) is 10.3 Å². The van der Waals surface area contributed by atoms with Gasteiger partial charge in [0.2, 0.25) is 0 Å². The van der Waals surface area contributed by atoms with Crippen molar-refractivity contribution in [2.75, 3.05) is 20.2 Å². The second-order valence-corrected chi connectivity index (χ2v) is 3.95. The van der Waals surface area contributed by atoms with E-state index in [1.165, 1.54) is 4.90 Å². The molecule has 0 spiro atoms. The Morgan fingerprint density at radius 1 is 1.59 bits per heavy atom. The molecule has 2 amide bonds. The largest absolute Gasteiger partial charge is 0.394 e. The van der Waals surface area contributed by atoms with E-state index in [1.54, 1.807) is 20.2 Å². The first-order valence-corrected chi connectivity index (χ1v) is 5.66. The molecule has 0 aliphatic rings. The fourth-order valence-corrected chi connectivity index (χ4v) is 1.29. The SMILES string of the molecule is CC(CO)N(C)C(=O)NCCc1ccccn1. The van der Waals surface area contributed by atoms with Crippen LogP contribution in [-0.2, 0) is 6.42 Å². The van der Waals surface area contributed by atoms with Crippen LogP contribution < -0.4 is 5.32 Å². The second-order valence-electron chi connectivity index (χ2n) is 3.95. The molecule has 0 fully saturated rings. The number of likely N-dealkylation sites (N-methyl/N-ethyl adjacent to an activating group) is 1. The minimum atomic E-state index is -0.178. The van der Waals surface area contributed by atoms with E-state index in [-0.39, 0.29) is 18.7 Å². The van der Waals surface area contributed by atoms with Crippen molar-refractivity contribution in [2.24, 2.45) is 0 Å². The quantitative estimate of drug-likeness (QED) is 0.790. The molecule has 17 heavy (non-hydrogen) atoms. The Balaban J connectivity index is 2.29. The number of aromatic nitrogens is 1. The number of aliphatic hydroxyl groups excluding tert-OH is 1. The Bertz CT molecular complexity index is 343. The molecule has 1 aromatic rings. The highest BCUT2D eigenvalue weighted by Crippen LogP contribution is 1.96. The molecular formula is C12H19N3O2. The molecule has 5 heteroatoms. The van der Waals surface area contributed by atoms with Crippen LogP contribution in [0.25, 0.3) is 0 Å². The number of nitrogens with one attached hydrogen (secondary N) is 1. The van der Waals surface area contributed by atoms with Gasteiger partial charge in [-0.2, -0.15) is 0 Å². The molecule has 0 bridgehead atoms. The maximum absolute atomic E-state index is 11.6. The summed E-state index contributed by atoms with van der Waals surface area (Å²) >= 11 is 0. The molecule has 0 aromatic carbocycles. The summed E-state index contributed by atoms with van der Waals surface area (Å²) in [6.45, 7) is 2.29. The monoisotopic (exact) mass is 237 g/mol. The van der Waals surface area contributed by atoms with Crippen LogP contribution in [0.4, 0.5) is 4.79 Å². The molecule has 1 aromatic heterocycles. The molecule has 0 saturated carbocycles. The van der Waals surface area contributed by atoms with Crippen molar-refractivity contribution in [1.82, 2.24) is 15.2 Å². The van der Waals surface area contributed by atoms with Crippen LogP contribution >= 0.6 is 0 Å². The summed E-state index contributed by atoms with van der Waals surface area (Å²) in [4.78, 5) is 17.3. The lowest BCUT2D eigenvalue weighted by atomic mass is 10.3. The van der Waals surface area contributed by atoms with Crippen LogP contribution in [0.3, 0.4) is 0 Å². The lowest BCUT2D eigenvalue weighted by molar-refractivity contribution is 0.157. The third-order valence-electron chi connectivity index (χ3n) is 2.63. The van der Waals surface area contributed by atoms with E-state index in [1.807, 2.05) is 18.2 Å². The highest BCUT2D eigenvalue weighted by Gasteiger charge is 2.13. The predicted octanol–water partition coefficient (Wildman–Crippen LogP) is 0.646. The van der Waals surface area contributed by atoms with E-state index in [4.69, 9.17) is 5.11 Å². The van der Waals surface area contributed by atoms with Crippen LogP contribution in [0.15, 0.2) is 24.4 Å². The van der Waals surface area contributed by atoms with Gasteiger partial charge in [0.25, 0.3) is 0 Å². The molecule has 0 saturated heterocycles. The number of rotatable bonds is 5. The van der Waals surface area contributed by atoms with Gasteiger partial charge in [-0.05, 0) is 19.1 Å². The van der Waals surface area contributed by atoms with Gasteiger partial charge in [0.1, 0.15) is 0 Å². The maximum atomic E-state index is 11.6. The van der Waals surface area contributed by atoms with Gasteiger partial charge in [-0.1, -0.05) is 6.07 Å². The van der Waals surface area contributed by atoms with E-state index in [0.717, 1.165) is 5.69 Å². The van der Waals surface area contributed by atoms with Gasteiger partial charge in [0.15, 0.2) is 0 Å². The Labute approximate surface area is 101 Å². The van der Waals surface area contributed by atoms with E-state index < -0.39 is 0 Å². The average Bonchev–Trinajstić information content (AvgIpc) is 2.38. The Morgan fingerprint density at radius 2 is 2.35 bits per heavy atom. The number of carbonyl (C=O) groups is 1. The first kappa shape index (κ1) is 13.4. The zero-order valence-corrected chi connectivity index (χ0v) is 10.3. The fourth-order valence-electron chi connectivity index (χ4n) is 1.29. The number of hydrogen-bond donors (Lipinski definition) is 2. The standard InChI is InChI=1S/C12H19N3O2/c1-10(9-16)15(2)12(17)14-8-6-11-5-3-4-7-13-11/h3-5,7,10,16H,6,8-9H2,1-2H3,(H,14,17). The summed E-state index contributed by atoms with van der Waals surface area (Å²) in [5, 5.41) is 11.7. The first-order valence-electron chi connectivity index (χ1n) is 5.66. The summed E-state index contributed by atoms with van der Waals surface area (Å²) < 4.78 is 0. The van der Waals surface area contributed by atoms with Gasteiger partial charge < -0.3 is 15.3 Å². The molecule has 2 N–H and O–H groups in total. The predicted molar refractivity (Wildman–Crippen MR) is 65.7 cm³/mol. The highest BCUT2D eigenvalue weighted by atomic mass is 16.3. The molecule has 1 unspecified atom stereocenters. The van der Waals surface area contributed by atoms with Crippen molar-refractivity contribution in [3.8, 4) is 0 Å². The van der Waals surface area contributed by atoms with Crippen molar-refractivity contribution in [3.05, 3.63) is 30.1 Å². The molecular weight excluding hydrogens is 218 g/mol. The van der Waals surface area contributed by atoms with Gasteiger partial charge >= 0.3 is 6.03 Å². The molecule has 5 nitrogen and oxygen atoms in total. The summed E-state index contributed by atoms with van der Waals surface area (Å²) in [6, 6.07) is 5.35. The van der Waals surface area contributed by atoms with Gasteiger partial charge in [0.05, 0.1) is 12.6 Å². The number of hydrogen-bond acceptors (Lipinski definition) is 3. The lowest BCUT2D eigenvalue weighted by Crippen LogP contribution is -2.44. The summed E-state index contributed by atoms with van der Waals surface area (Å²) in [6.07, 6.45) is 2.44. The topological polar surface area (TPSA) is 65.5 Å². The molecule has 0 radical (unpaired) electrons. The lowest BCUT2D eigenvalue weighted by Gasteiger charge is -2.23. The van der Waals surface area contributed by atoms with Gasteiger partial charge in [-0.15, -0.1) is 0 Å². The minimum Gasteiger partial charge on any atom is -0.394 e. The van der Waals surface area contributed by atoms with E-state index in [0.29, 0.717) is 13.0 Å². The van der Waals surface area contributed by atoms with Crippen molar-refractivity contribution < 1.29 is 9.90 Å². The van der Waals surface area contributed by atoms with Crippen molar-refractivity contribution in [1.29, 1.82) is 0 Å². The number of amides is 2. The Hall–Kier alpha value is -1.62. The van der Waals surface area contributed by atoms with Crippen LogP contribution in [0.5, 0.6) is 0 Å². The van der Waals surface area contributed by atoms with Gasteiger partial charge in [-0.3, -0.25) is 4.98 Å². The molecule has 1 atom stereocenters. The fraction of sp³-hybridized carbons (Fsp3) is 0.500. The summed E-state index contributed by atoms with van der Waals surface area (Å²) in [5.41, 5.74) is 0.950. The molecule has 1 heterocycles. The zero-order valence-electron chi connectivity index (χ0n) is 10.3. The van der Waals surface area contributed by atoms with Crippen molar-refractivity contribution in [3.63, 3.8) is 0 Å². The minimum absolute atomic E-state index is 0.0375. The van der Waals surface area contributed by atoms with Crippen LogP contribution in [0.2, 0.25) is 0 Å². The first-order chi connectivity index (χ1) is 8.15. The normalized spacial score (nSPS) is 11.9. The van der Waals surface area contributed by atoms with Crippen LogP contribution in [-0.4, -0.2) is 47.3 Å². The highest BCUT2D eigenvalue weighted by molar-refractivity contribution is 5.74. The second kappa shape index (κ2) is 6.85. The maximum Gasteiger partial charge on any atom is 0.317 e. The third kappa shape index (κ3) is 4.40. The number of pyridine rings is 1. The number of urea groups is 1. The zero-order chi connectivity index (χ0) is 12.7. The molecule has 0 aliphatic heterocycles. The van der Waals surface area contributed by atoms with Crippen molar-refractivity contribution >= 4 is 6.03 Å². The third-order valence-corrected chi connectivity index (χ3v) is 2.63. The van der Waals surface area contributed by atoms with Gasteiger partial charge in [0, 0.05) is 31.9 Å². The number of aliphatic hydroxyl groups is 1. The molecule has 0 aliphatic carbocycles. The average molecular weight is 237 g/mol. The Morgan fingerprint density at radius 3 is 2.94 bits per heavy atom. The van der Waals surface area contributed by atoms with E-state index in [9.17, 15) is 4.79 Å². The number of nitrogens with zero attached hydrogens (tertiary/aromatic N) is 2. The van der Waals surface area contributed by atoms with Crippen LogP contribution in [0, 0.1) is 0 Å². The smallest absolute Gasteiger partial charge is 0.317 e.